The molecule has 0 unspecified atom stereocenters. The third-order valence-electron chi connectivity index (χ3n) is 2.07. The molecule has 0 atom stereocenters. The topological polar surface area (TPSA) is 118 Å². The number of nitro groups is 1. The standard InChI is InChI=1S/C10H11BN3O5/c1-18-10(15)8(11-19-6-12)4-7-2-3-13-5-9(7)14(16)17/h2-5H,6,12H2,1H3/b8-4-. The first-order valence-corrected chi connectivity index (χ1v) is 5.13. The van der Waals surface area contributed by atoms with Crippen molar-refractivity contribution in [2.75, 3.05) is 13.8 Å². The summed E-state index contributed by atoms with van der Waals surface area (Å²) < 4.78 is 9.33. The minimum absolute atomic E-state index is 0.00208. The molecule has 0 spiro atoms. The third kappa shape index (κ3) is 4.16. The summed E-state index contributed by atoms with van der Waals surface area (Å²) in [7, 11) is 2.27. The van der Waals surface area contributed by atoms with Gasteiger partial charge in [0.2, 0.25) is 0 Å². The number of pyridine rings is 1. The Bertz CT molecular complexity index is 506. The molecule has 0 aliphatic rings. The van der Waals surface area contributed by atoms with E-state index in [0.717, 1.165) is 13.7 Å². The molecule has 1 rings (SSSR count). The van der Waals surface area contributed by atoms with Gasteiger partial charge in [0.15, 0.2) is 0 Å². The molecule has 0 amide bonds. The summed E-state index contributed by atoms with van der Waals surface area (Å²) in [6, 6.07) is 1.40. The van der Waals surface area contributed by atoms with Crippen molar-refractivity contribution in [2.45, 2.75) is 0 Å². The number of carbonyl (C=O) groups is 1. The van der Waals surface area contributed by atoms with Crippen LogP contribution < -0.4 is 5.73 Å². The zero-order valence-electron chi connectivity index (χ0n) is 10.1. The zero-order chi connectivity index (χ0) is 14.3. The Morgan fingerprint density at radius 1 is 1.68 bits per heavy atom. The minimum atomic E-state index is -0.695. The average Bonchev–Trinajstić information content (AvgIpc) is 2.42. The van der Waals surface area contributed by atoms with E-state index < -0.39 is 10.9 Å². The Kier molecular flexibility index (Phi) is 5.64. The second-order valence-electron chi connectivity index (χ2n) is 3.23. The van der Waals surface area contributed by atoms with E-state index in [4.69, 9.17) is 10.4 Å². The van der Waals surface area contributed by atoms with E-state index in [0.29, 0.717) is 0 Å². The molecule has 0 aromatic carbocycles. The van der Waals surface area contributed by atoms with Crippen LogP contribution >= 0.6 is 0 Å². The second-order valence-corrected chi connectivity index (χ2v) is 3.23. The lowest BCUT2D eigenvalue weighted by molar-refractivity contribution is -0.385. The number of rotatable bonds is 6. The first-order chi connectivity index (χ1) is 9.10. The van der Waals surface area contributed by atoms with Gasteiger partial charge in [-0.1, -0.05) is 0 Å². The number of carbonyl (C=O) groups excluding carboxylic acids is 1. The van der Waals surface area contributed by atoms with Gasteiger partial charge in [-0.15, -0.1) is 0 Å². The number of ether oxygens (including phenoxy) is 1. The van der Waals surface area contributed by atoms with Crippen LogP contribution in [0.4, 0.5) is 5.69 Å². The number of nitrogens with zero attached hydrogens (tertiary/aromatic N) is 2. The summed E-state index contributed by atoms with van der Waals surface area (Å²) in [5, 5.41) is 10.8. The average molecular weight is 264 g/mol. The van der Waals surface area contributed by atoms with E-state index in [1.807, 2.05) is 0 Å². The molecule has 0 aliphatic heterocycles. The molecule has 1 aromatic heterocycles. The van der Waals surface area contributed by atoms with Crippen LogP contribution in [0.2, 0.25) is 0 Å². The summed E-state index contributed by atoms with van der Waals surface area (Å²) >= 11 is 0. The van der Waals surface area contributed by atoms with Crippen molar-refractivity contribution < 1.29 is 19.1 Å². The van der Waals surface area contributed by atoms with E-state index in [-0.39, 0.29) is 23.5 Å². The zero-order valence-corrected chi connectivity index (χ0v) is 10.1. The number of methoxy groups -OCH3 is 1. The van der Waals surface area contributed by atoms with Gasteiger partial charge in [-0.05, 0) is 12.1 Å². The Morgan fingerprint density at radius 3 is 3.00 bits per heavy atom. The van der Waals surface area contributed by atoms with Crippen LogP contribution in [0.15, 0.2) is 23.9 Å². The highest BCUT2D eigenvalue weighted by atomic mass is 16.6. The van der Waals surface area contributed by atoms with Crippen LogP contribution in [-0.4, -0.2) is 37.2 Å². The molecule has 0 saturated carbocycles. The van der Waals surface area contributed by atoms with Gasteiger partial charge in [0, 0.05) is 11.7 Å². The van der Waals surface area contributed by atoms with Gasteiger partial charge in [-0.2, -0.15) is 0 Å². The first-order valence-electron chi connectivity index (χ1n) is 5.13. The normalized spacial score (nSPS) is 10.9. The van der Waals surface area contributed by atoms with Crippen molar-refractivity contribution in [3.63, 3.8) is 0 Å². The molecular weight excluding hydrogens is 253 g/mol. The first kappa shape index (κ1) is 14.8. The van der Waals surface area contributed by atoms with Gasteiger partial charge in [0.25, 0.3) is 5.69 Å². The summed E-state index contributed by atoms with van der Waals surface area (Å²) in [5.41, 5.74) is 5.12. The van der Waals surface area contributed by atoms with Gasteiger partial charge in [0.1, 0.15) is 6.20 Å². The fourth-order valence-electron chi connectivity index (χ4n) is 1.24. The van der Waals surface area contributed by atoms with Crippen LogP contribution in [0.3, 0.4) is 0 Å². The second kappa shape index (κ2) is 7.24. The quantitative estimate of drug-likeness (QED) is 0.192. The molecule has 19 heavy (non-hydrogen) atoms. The van der Waals surface area contributed by atoms with Crippen molar-refractivity contribution in [1.82, 2.24) is 4.98 Å². The Morgan fingerprint density at radius 2 is 2.42 bits per heavy atom. The maximum atomic E-state index is 11.5. The maximum absolute atomic E-state index is 11.5. The molecule has 0 fully saturated rings. The highest BCUT2D eigenvalue weighted by Gasteiger charge is 2.17. The van der Waals surface area contributed by atoms with Crippen molar-refractivity contribution >= 4 is 25.2 Å². The third-order valence-corrected chi connectivity index (χ3v) is 2.07. The molecule has 8 nitrogen and oxygen atoms in total. The number of aromatic nitrogens is 1. The molecule has 99 valence electrons. The van der Waals surface area contributed by atoms with E-state index >= 15 is 0 Å². The monoisotopic (exact) mass is 264 g/mol. The van der Waals surface area contributed by atoms with Gasteiger partial charge in [-0.3, -0.25) is 15.1 Å². The van der Waals surface area contributed by atoms with Gasteiger partial charge >= 0.3 is 13.5 Å². The molecule has 1 heterocycles. The van der Waals surface area contributed by atoms with E-state index in [1.54, 1.807) is 0 Å². The van der Waals surface area contributed by atoms with Gasteiger partial charge in [0.05, 0.1) is 24.3 Å². The summed E-state index contributed by atoms with van der Waals surface area (Å²) in [6.07, 6.45) is 3.73. The van der Waals surface area contributed by atoms with Crippen LogP contribution in [0.1, 0.15) is 5.56 Å². The van der Waals surface area contributed by atoms with E-state index in [2.05, 4.69) is 9.72 Å². The van der Waals surface area contributed by atoms with Crippen molar-refractivity contribution in [1.29, 1.82) is 0 Å². The van der Waals surface area contributed by atoms with Crippen LogP contribution in [0.5, 0.6) is 0 Å². The van der Waals surface area contributed by atoms with Crippen LogP contribution in [-0.2, 0) is 14.2 Å². The van der Waals surface area contributed by atoms with Gasteiger partial charge in [-0.25, -0.2) is 4.79 Å². The summed E-state index contributed by atoms with van der Waals surface area (Å²) in [5.74, 6) is -0.695. The number of nitrogens with two attached hydrogens (primary N) is 1. The lowest BCUT2D eigenvalue weighted by Gasteiger charge is -2.04. The molecule has 1 radical (unpaired) electrons. The lowest BCUT2D eigenvalue weighted by Crippen LogP contribution is -2.17. The van der Waals surface area contributed by atoms with Gasteiger partial charge < -0.3 is 15.1 Å². The van der Waals surface area contributed by atoms with E-state index in [1.165, 1.54) is 25.4 Å². The highest BCUT2D eigenvalue weighted by molar-refractivity contribution is 6.49. The molecule has 2 N–H and O–H groups in total. The molecule has 0 saturated heterocycles. The molecule has 0 aliphatic carbocycles. The number of hydrogen-bond acceptors (Lipinski definition) is 7. The molecule has 0 bridgehead atoms. The summed E-state index contributed by atoms with van der Waals surface area (Å²) in [6.45, 7) is -0.132. The maximum Gasteiger partial charge on any atom is 0.339 e. The fraction of sp³-hybridized carbons (Fsp3) is 0.200. The minimum Gasteiger partial charge on any atom is -0.466 e. The largest absolute Gasteiger partial charge is 0.466 e. The van der Waals surface area contributed by atoms with E-state index in [9.17, 15) is 14.9 Å². The molecule has 1 aromatic rings. The molecular formula is C10H11BN3O5. The number of hydrogen-bond donors (Lipinski definition) is 1. The SMILES string of the molecule is COC(=O)/C([B]OCN)=C/c1ccncc1[N+](=O)[O-]. The van der Waals surface area contributed by atoms with Crippen LogP contribution in [0, 0.1) is 10.1 Å². The lowest BCUT2D eigenvalue weighted by atomic mass is 9.85. The van der Waals surface area contributed by atoms with Crippen molar-refractivity contribution in [3.05, 3.63) is 39.6 Å². The highest BCUT2D eigenvalue weighted by Crippen LogP contribution is 2.19. The number of esters is 1. The Hall–Kier alpha value is -2.26. The molecule has 9 heteroatoms. The Balaban J connectivity index is 3.14. The van der Waals surface area contributed by atoms with Crippen molar-refractivity contribution in [3.8, 4) is 0 Å². The fourth-order valence-corrected chi connectivity index (χ4v) is 1.24. The summed E-state index contributed by atoms with van der Waals surface area (Å²) in [4.78, 5) is 25.3. The smallest absolute Gasteiger partial charge is 0.339 e. The van der Waals surface area contributed by atoms with Crippen LogP contribution in [0.25, 0.3) is 6.08 Å². The van der Waals surface area contributed by atoms with Crippen molar-refractivity contribution in [2.24, 2.45) is 5.73 Å². The predicted octanol–water partition coefficient (Wildman–Crippen LogP) is 0.0557. The Labute approximate surface area is 109 Å². The predicted molar refractivity (Wildman–Crippen MR) is 66.8 cm³/mol.